The third-order valence-electron chi connectivity index (χ3n) is 4.54. The van der Waals surface area contributed by atoms with Crippen LogP contribution in [0.3, 0.4) is 0 Å². The predicted molar refractivity (Wildman–Crippen MR) is 113 cm³/mol. The van der Waals surface area contributed by atoms with Crippen molar-refractivity contribution < 1.29 is 30.8 Å². The molecule has 0 aliphatic heterocycles. The van der Waals surface area contributed by atoms with Crippen molar-refractivity contribution in [2.24, 2.45) is 0 Å². The number of alkyl halides is 3. The number of nitrogens with zero attached hydrogens (tertiary/aromatic N) is 1. The van der Waals surface area contributed by atoms with E-state index in [-0.39, 0.29) is 29.0 Å². The van der Waals surface area contributed by atoms with E-state index in [1.807, 2.05) is 0 Å². The molecule has 0 bridgehead atoms. The van der Waals surface area contributed by atoms with Gasteiger partial charge in [-0.15, -0.1) is 0 Å². The number of hydrogen-bond acceptors (Lipinski definition) is 3. The van der Waals surface area contributed by atoms with Crippen LogP contribution in [0.2, 0.25) is 0 Å². The van der Waals surface area contributed by atoms with E-state index in [1.165, 1.54) is 54.6 Å². The van der Waals surface area contributed by atoms with Crippen LogP contribution in [0.1, 0.15) is 21.5 Å². The molecule has 3 rings (SSSR count). The van der Waals surface area contributed by atoms with Gasteiger partial charge in [-0.25, -0.2) is 12.8 Å². The fourth-order valence-electron chi connectivity index (χ4n) is 2.94. The molecule has 0 heterocycles. The first-order valence-corrected chi connectivity index (χ1v) is 11.1. The number of halogens is 4. The van der Waals surface area contributed by atoms with E-state index in [1.54, 1.807) is 6.07 Å². The number of nitrogens with one attached hydrogen (secondary N) is 1. The van der Waals surface area contributed by atoms with Crippen molar-refractivity contribution in [3.63, 3.8) is 0 Å². The van der Waals surface area contributed by atoms with Gasteiger partial charge in [0.05, 0.1) is 24.1 Å². The van der Waals surface area contributed by atoms with Gasteiger partial charge >= 0.3 is 6.18 Å². The fourth-order valence-corrected chi connectivity index (χ4v) is 3.82. The first-order chi connectivity index (χ1) is 14.9. The molecule has 1 N–H and O–H groups in total. The Morgan fingerprint density at radius 2 is 1.62 bits per heavy atom. The Balaban J connectivity index is 1.81. The van der Waals surface area contributed by atoms with Gasteiger partial charge < -0.3 is 5.32 Å². The van der Waals surface area contributed by atoms with E-state index >= 15 is 0 Å². The monoisotopic (exact) mass is 466 g/mol. The predicted octanol–water partition coefficient (Wildman–Crippen LogP) is 5.06. The highest BCUT2D eigenvalue weighted by Gasteiger charge is 2.30. The number of sulfonamides is 1. The summed E-state index contributed by atoms with van der Waals surface area (Å²) in [6.45, 7) is -0.249. The lowest BCUT2D eigenvalue weighted by molar-refractivity contribution is -0.137. The van der Waals surface area contributed by atoms with E-state index < -0.39 is 33.5 Å². The maximum absolute atomic E-state index is 14.0. The van der Waals surface area contributed by atoms with Gasteiger partial charge in [-0.05, 0) is 48.5 Å². The van der Waals surface area contributed by atoms with Crippen molar-refractivity contribution in [1.82, 2.24) is 0 Å². The minimum atomic E-state index is -4.55. The standard InChI is InChI=1S/C22H18F4N2O3S/c1-32(30,31)28(14-16-5-2-3-8-20(16)23)19-11-9-15(10-12-19)21(29)27-18-7-4-6-17(13-18)22(24,25)26/h2-13H,14H2,1H3,(H,27,29). The first-order valence-electron chi connectivity index (χ1n) is 9.25. The topological polar surface area (TPSA) is 66.5 Å². The molecule has 0 radical (unpaired) electrons. The van der Waals surface area contributed by atoms with Gasteiger partial charge in [0.15, 0.2) is 0 Å². The van der Waals surface area contributed by atoms with Gasteiger partial charge in [0.2, 0.25) is 10.0 Å². The van der Waals surface area contributed by atoms with E-state index in [0.717, 1.165) is 22.7 Å². The molecule has 0 aliphatic rings. The highest BCUT2D eigenvalue weighted by molar-refractivity contribution is 7.92. The van der Waals surface area contributed by atoms with Crippen molar-refractivity contribution in [1.29, 1.82) is 0 Å². The molecule has 10 heteroatoms. The number of benzene rings is 3. The van der Waals surface area contributed by atoms with Crippen molar-refractivity contribution in [2.45, 2.75) is 12.7 Å². The summed E-state index contributed by atoms with van der Waals surface area (Å²) < 4.78 is 78.0. The number of carbonyl (C=O) groups is 1. The summed E-state index contributed by atoms with van der Waals surface area (Å²) in [5.41, 5.74) is -0.463. The zero-order valence-electron chi connectivity index (χ0n) is 16.7. The molecule has 0 unspecified atom stereocenters. The summed E-state index contributed by atoms with van der Waals surface area (Å²) in [6.07, 6.45) is -3.57. The third-order valence-corrected chi connectivity index (χ3v) is 5.68. The quantitative estimate of drug-likeness (QED) is 0.517. The van der Waals surface area contributed by atoms with Crippen LogP contribution in [0.25, 0.3) is 0 Å². The van der Waals surface area contributed by atoms with Gasteiger partial charge in [0, 0.05) is 16.8 Å². The van der Waals surface area contributed by atoms with Gasteiger partial charge in [0.25, 0.3) is 5.91 Å². The number of anilines is 2. The molecule has 0 atom stereocenters. The van der Waals surface area contributed by atoms with Crippen LogP contribution in [0.5, 0.6) is 0 Å². The smallest absolute Gasteiger partial charge is 0.322 e. The number of rotatable bonds is 6. The van der Waals surface area contributed by atoms with Gasteiger partial charge in [-0.2, -0.15) is 13.2 Å². The van der Waals surface area contributed by atoms with Crippen LogP contribution in [0.15, 0.2) is 72.8 Å². The SMILES string of the molecule is CS(=O)(=O)N(Cc1ccccc1F)c1ccc(C(=O)Nc2cccc(C(F)(F)F)c2)cc1. The normalized spacial score (nSPS) is 11.8. The van der Waals surface area contributed by atoms with E-state index in [9.17, 15) is 30.8 Å². The zero-order chi connectivity index (χ0) is 23.5. The Hall–Kier alpha value is -3.40. The summed E-state index contributed by atoms with van der Waals surface area (Å²) in [5.74, 6) is -1.23. The molecule has 0 aliphatic carbocycles. The Labute approximate surface area is 182 Å². The molecule has 0 saturated carbocycles. The fraction of sp³-hybridized carbons (Fsp3) is 0.136. The second kappa shape index (κ2) is 8.99. The van der Waals surface area contributed by atoms with Crippen molar-refractivity contribution in [3.05, 3.63) is 95.3 Å². The van der Waals surface area contributed by atoms with E-state index in [0.29, 0.717) is 0 Å². The van der Waals surface area contributed by atoms with Gasteiger partial charge in [0.1, 0.15) is 5.82 Å². The minimum absolute atomic E-state index is 0.0359. The molecule has 3 aromatic rings. The maximum atomic E-state index is 14.0. The second-order valence-corrected chi connectivity index (χ2v) is 8.85. The van der Waals surface area contributed by atoms with Crippen molar-refractivity contribution >= 4 is 27.3 Å². The van der Waals surface area contributed by atoms with E-state index in [2.05, 4.69) is 5.32 Å². The number of hydrogen-bond donors (Lipinski definition) is 1. The molecule has 3 aromatic carbocycles. The average Bonchev–Trinajstić information content (AvgIpc) is 2.72. The Morgan fingerprint density at radius 1 is 0.969 bits per heavy atom. The van der Waals surface area contributed by atoms with Crippen LogP contribution in [0.4, 0.5) is 28.9 Å². The molecule has 32 heavy (non-hydrogen) atoms. The van der Waals surface area contributed by atoms with Gasteiger partial charge in [-0.1, -0.05) is 24.3 Å². The maximum Gasteiger partial charge on any atom is 0.416 e. The van der Waals surface area contributed by atoms with Crippen LogP contribution in [0, 0.1) is 5.82 Å². The zero-order valence-corrected chi connectivity index (χ0v) is 17.5. The second-order valence-electron chi connectivity index (χ2n) is 6.94. The van der Waals surface area contributed by atoms with Gasteiger partial charge in [-0.3, -0.25) is 9.10 Å². The van der Waals surface area contributed by atoms with Crippen LogP contribution >= 0.6 is 0 Å². The molecular formula is C22H18F4N2O3S. The molecule has 168 valence electrons. The first kappa shape index (κ1) is 23.3. The molecule has 0 aromatic heterocycles. The summed E-state index contributed by atoms with van der Waals surface area (Å²) in [6, 6.07) is 15.3. The lowest BCUT2D eigenvalue weighted by atomic mass is 10.1. The highest BCUT2D eigenvalue weighted by atomic mass is 32.2. The molecule has 0 saturated heterocycles. The summed E-state index contributed by atoms with van der Waals surface area (Å²) in [5, 5.41) is 2.38. The molecular weight excluding hydrogens is 448 g/mol. The molecule has 5 nitrogen and oxygen atoms in total. The minimum Gasteiger partial charge on any atom is -0.322 e. The lowest BCUT2D eigenvalue weighted by Gasteiger charge is -2.23. The number of carbonyl (C=O) groups excluding carboxylic acids is 1. The van der Waals surface area contributed by atoms with Crippen LogP contribution < -0.4 is 9.62 Å². The Morgan fingerprint density at radius 3 is 2.22 bits per heavy atom. The molecule has 0 fully saturated rings. The lowest BCUT2D eigenvalue weighted by Crippen LogP contribution is -2.29. The van der Waals surface area contributed by atoms with Crippen LogP contribution in [-0.2, 0) is 22.7 Å². The Kier molecular flexibility index (Phi) is 6.54. The molecule has 1 amide bonds. The van der Waals surface area contributed by atoms with Crippen LogP contribution in [-0.4, -0.2) is 20.6 Å². The summed E-state index contributed by atoms with van der Waals surface area (Å²) >= 11 is 0. The van der Waals surface area contributed by atoms with E-state index in [4.69, 9.17) is 0 Å². The third kappa shape index (κ3) is 5.64. The summed E-state index contributed by atoms with van der Waals surface area (Å²) in [7, 11) is -3.77. The Bertz CT molecular complexity index is 1230. The summed E-state index contributed by atoms with van der Waals surface area (Å²) in [4.78, 5) is 12.4. The number of amides is 1. The molecule has 0 spiro atoms. The average molecular weight is 466 g/mol. The highest BCUT2D eigenvalue weighted by Crippen LogP contribution is 2.31. The van der Waals surface area contributed by atoms with Crippen molar-refractivity contribution in [3.8, 4) is 0 Å². The largest absolute Gasteiger partial charge is 0.416 e. The van der Waals surface area contributed by atoms with Crippen molar-refractivity contribution in [2.75, 3.05) is 15.9 Å².